The molecule has 2 aliphatic rings. The van der Waals surface area contributed by atoms with Crippen molar-refractivity contribution in [3.8, 4) is 23.6 Å². The van der Waals surface area contributed by atoms with E-state index < -0.39 is 6.04 Å². The van der Waals surface area contributed by atoms with Gasteiger partial charge in [-0.2, -0.15) is 20.3 Å². The number of hydrogen-bond donors (Lipinski definition) is 2. The van der Waals surface area contributed by atoms with Crippen LogP contribution in [-0.4, -0.2) is 52.5 Å². The van der Waals surface area contributed by atoms with Gasteiger partial charge >= 0.3 is 0 Å². The van der Waals surface area contributed by atoms with Crippen molar-refractivity contribution in [1.29, 1.82) is 10.5 Å². The van der Waals surface area contributed by atoms with Gasteiger partial charge in [0.05, 0.1) is 41.6 Å². The standard InChI is InChI=1S/C26H26N10O/c1-17(10-27)32-20-9-23(36-24-19(13-31-36)8-18(11-28)12-30-24)29-14-21(20)35-15-22(33-34-35)26-4-2-25(16-26,3-5-26)6-7-37/h8-9,12-15,17,37H,2-7,16H2,1H3,(H,29,32). The van der Waals surface area contributed by atoms with Crippen molar-refractivity contribution < 1.29 is 5.11 Å². The Morgan fingerprint density at radius 2 is 1.97 bits per heavy atom. The van der Waals surface area contributed by atoms with Crippen molar-refractivity contribution in [1.82, 2.24) is 34.7 Å². The van der Waals surface area contributed by atoms with E-state index in [1.54, 1.807) is 34.7 Å². The molecule has 1 unspecified atom stereocenters. The van der Waals surface area contributed by atoms with E-state index in [1.165, 1.54) is 6.20 Å². The minimum Gasteiger partial charge on any atom is -0.396 e. The first-order chi connectivity index (χ1) is 18.0. The minimum atomic E-state index is -0.454. The van der Waals surface area contributed by atoms with Crippen LogP contribution in [0.15, 0.2) is 36.9 Å². The lowest BCUT2D eigenvalue weighted by atomic mass is 9.79. The Bertz CT molecular complexity index is 1560. The summed E-state index contributed by atoms with van der Waals surface area (Å²) >= 11 is 0. The van der Waals surface area contributed by atoms with Gasteiger partial charge in [0.1, 0.15) is 17.8 Å². The number of nitrogens with zero attached hydrogens (tertiary/aromatic N) is 9. The lowest BCUT2D eigenvalue weighted by Crippen LogP contribution is -2.20. The number of aliphatic hydroxyl groups is 1. The summed E-state index contributed by atoms with van der Waals surface area (Å²) in [5.41, 5.74) is 3.59. The molecule has 11 heteroatoms. The average molecular weight is 495 g/mol. The van der Waals surface area contributed by atoms with Crippen LogP contribution in [0.4, 0.5) is 5.69 Å². The molecule has 0 aromatic carbocycles. The Morgan fingerprint density at radius 1 is 1.14 bits per heavy atom. The summed E-state index contributed by atoms with van der Waals surface area (Å²) < 4.78 is 3.32. The van der Waals surface area contributed by atoms with Crippen molar-refractivity contribution in [3.63, 3.8) is 0 Å². The molecule has 2 fully saturated rings. The van der Waals surface area contributed by atoms with Crippen LogP contribution in [0.5, 0.6) is 0 Å². The zero-order chi connectivity index (χ0) is 25.6. The number of pyridine rings is 2. The van der Waals surface area contributed by atoms with E-state index in [1.807, 2.05) is 12.3 Å². The number of anilines is 1. The molecule has 4 heterocycles. The van der Waals surface area contributed by atoms with E-state index in [-0.39, 0.29) is 17.4 Å². The van der Waals surface area contributed by atoms with Gasteiger partial charge in [0.2, 0.25) is 0 Å². The van der Waals surface area contributed by atoms with E-state index in [9.17, 15) is 10.4 Å². The van der Waals surface area contributed by atoms with Crippen LogP contribution in [-0.2, 0) is 5.41 Å². The third-order valence-corrected chi connectivity index (χ3v) is 8.10. The highest BCUT2D eigenvalue weighted by Gasteiger charge is 2.55. The van der Waals surface area contributed by atoms with Gasteiger partial charge in [-0.1, -0.05) is 5.21 Å². The number of aromatic nitrogens is 7. The number of nitrogens with one attached hydrogen (secondary N) is 1. The predicted molar refractivity (Wildman–Crippen MR) is 134 cm³/mol. The van der Waals surface area contributed by atoms with E-state index in [0.717, 1.165) is 49.6 Å². The normalized spacial score (nSPS) is 23.1. The second kappa shape index (κ2) is 8.64. The lowest BCUT2D eigenvalue weighted by Gasteiger charge is -2.26. The first-order valence-corrected chi connectivity index (χ1v) is 12.4. The summed E-state index contributed by atoms with van der Waals surface area (Å²) in [5.74, 6) is 0.517. The topological polar surface area (TPSA) is 154 Å². The van der Waals surface area contributed by atoms with Crippen molar-refractivity contribution in [3.05, 3.63) is 48.2 Å². The molecule has 2 bridgehead atoms. The van der Waals surface area contributed by atoms with Crippen LogP contribution in [0, 0.1) is 28.1 Å². The number of rotatable bonds is 7. The van der Waals surface area contributed by atoms with Gasteiger partial charge in [0.15, 0.2) is 11.5 Å². The predicted octanol–water partition coefficient (Wildman–Crippen LogP) is 3.18. The molecule has 2 N–H and O–H groups in total. The molecule has 11 nitrogen and oxygen atoms in total. The van der Waals surface area contributed by atoms with Crippen LogP contribution in [0.25, 0.3) is 22.5 Å². The van der Waals surface area contributed by atoms with Gasteiger partial charge in [-0.05, 0) is 56.9 Å². The molecule has 4 aromatic rings. The largest absolute Gasteiger partial charge is 0.396 e. The molecule has 6 rings (SSSR count). The highest BCUT2D eigenvalue weighted by molar-refractivity contribution is 5.77. The van der Waals surface area contributed by atoms with Gasteiger partial charge in [-0.15, -0.1) is 5.10 Å². The third-order valence-electron chi connectivity index (χ3n) is 8.10. The van der Waals surface area contributed by atoms with Crippen molar-refractivity contribution >= 4 is 16.7 Å². The molecular formula is C26H26N10O. The first kappa shape index (κ1) is 23.1. The molecule has 2 aliphatic carbocycles. The second-order valence-corrected chi connectivity index (χ2v) is 10.3. The molecule has 186 valence electrons. The molecular weight excluding hydrogens is 468 g/mol. The highest BCUT2D eigenvalue weighted by atomic mass is 16.3. The van der Waals surface area contributed by atoms with Gasteiger partial charge < -0.3 is 10.4 Å². The molecule has 0 radical (unpaired) electrons. The third kappa shape index (κ3) is 3.79. The number of nitriles is 2. The van der Waals surface area contributed by atoms with Crippen LogP contribution in [0.3, 0.4) is 0 Å². The van der Waals surface area contributed by atoms with Crippen molar-refractivity contribution in [2.45, 2.75) is 56.9 Å². The fourth-order valence-corrected chi connectivity index (χ4v) is 6.14. The molecule has 0 saturated heterocycles. The zero-order valence-corrected chi connectivity index (χ0v) is 20.5. The van der Waals surface area contributed by atoms with Gasteiger partial charge in [0.25, 0.3) is 0 Å². The number of hydrogen-bond acceptors (Lipinski definition) is 9. The first-order valence-electron chi connectivity index (χ1n) is 12.4. The fourth-order valence-electron chi connectivity index (χ4n) is 6.14. The molecule has 37 heavy (non-hydrogen) atoms. The molecule has 1 atom stereocenters. The Labute approximate surface area is 213 Å². The summed E-state index contributed by atoms with van der Waals surface area (Å²) in [7, 11) is 0. The number of fused-ring (bicyclic) bond motifs is 3. The average Bonchev–Trinajstić information content (AvgIpc) is 3.71. The molecule has 0 spiro atoms. The highest BCUT2D eigenvalue weighted by Crippen LogP contribution is 2.63. The van der Waals surface area contributed by atoms with E-state index in [0.29, 0.717) is 28.4 Å². The SMILES string of the molecule is CC(C#N)Nc1cc(-n2ncc3cc(C#N)cnc32)ncc1-n1cc(C23CCC(CCO)(CC2)C3)nn1. The zero-order valence-electron chi connectivity index (χ0n) is 20.5. The summed E-state index contributed by atoms with van der Waals surface area (Å²) in [6, 6.07) is 7.39. The van der Waals surface area contributed by atoms with Crippen LogP contribution in [0.2, 0.25) is 0 Å². The second-order valence-electron chi connectivity index (χ2n) is 10.3. The van der Waals surface area contributed by atoms with Gasteiger partial charge in [-0.3, -0.25) is 0 Å². The van der Waals surface area contributed by atoms with Crippen LogP contribution < -0.4 is 5.32 Å². The lowest BCUT2D eigenvalue weighted by molar-refractivity contribution is 0.186. The van der Waals surface area contributed by atoms with Crippen molar-refractivity contribution in [2.24, 2.45) is 5.41 Å². The monoisotopic (exact) mass is 494 g/mol. The van der Waals surface area contributed by atoms with Gasteiger partial charge in [-0.25, -0.2) is 14.6 Å². The Kier molecular flexibility index (Phi) is 5.39. The summed E-state index contributed by atoms with van der Waals surface area (Å²) in [5, 5.41) is 45.6. The molecule has 0 aliphatic heterocycles. The smallest absolute Gasteiger partial charge is 0.164 e. The van der Waals surface area contributed by atoms with Gasteiger partial charge in [0, 0.05) is 29.7 Å². The van der Waals surface area contributed by atoms with Crippen molar-refractivity contribution in [2.75, 3.05) is 11.9 Å². The number of aliphatic hydroxyl groups excluding tert-OH is 1. The van der Waals surface area contributed by atoms with Crippen LogP contribution in [0.1, 0.15) is 56.7 Å². The molecule has 2 saturated carbocycles. The minimum absolute atomic E-state index is 0.0102. The summed E-state index contributed by atoms with van der Waals surface area (Å²) in [4.78, 5) is 9.01. The summed E-state index contributed by atoms with van der Waals surface area (Å²) in [6.45, 7) is 2.01. The Morgan fingerprint density at radius 3 is 2.73 bits per heavy atom. The summed E-state index contributed by atoms with van der Waals surface area (Å²) in [6.07, 6.45) is 13.1. The fraction of sp³-hybridized carbons (Fsp3) is 0.423. The Balaban J connectivity index is 1.37. The van der Waals surface area contributed by atoms with Crippen LogP contribution >= 0.6 is 0 Å². The van der Waals surface area contributed by atoms with E-state index in [2.05, 4.69) is 42.8 Å². The maximum atomic E-state index is 9.55. The molecule has 0 amide bonds. The quantitative estimate of drug-likeness (QED) is 0.394. The maximum Gasteiger partial charge on any atom is 0.164 e. The van der Waals surface area contributed by atoms with E-state index in [4.69, 9.17) is 5.26 Å². The molecule has 4 aromatic heterocycles. The Hall–Kier alpha value is -4.35. The maximum absolute atomic E-state index is 9.55. The van der Waals surface area contributed by atoms with E-state index >= 15 is 0 Å².